The van der Waals surface area contributed by atoms with Crippen LogP contribution >= 0.6 is 38.9 Å². The van der Waals surface area contributed by atoms with E-state index in [1.807, 2.05) is 75.3 Å². The van der Waals surface area contributed by atoms with Crippen molar-refractivity contribution in [3.63, 3.8) is 0 Å². The molecule has 6 aliphatic heterocycles. The van der Waals surface area contributed by atoms with E-state index in [9.17, 15) is 37.9 Å². The fourth-order valence-corrected chi connectivity index (χ4v) is 14.7. The van der Waals surface area contributed by atoms with Crippen LogP contribution in [0.15, 0.2) is 146 Å². The average molecular weight is 1370 g/mol. The molecule has 3 N–H and O–H groups in total. The van der Waals surface area contributed by atoms with E-state index in [-0.39, 0.29) is 41.3 Å². The smallest absolute Gasteiger partial charge is 0.338 e. The van der Waals surface area contributed by atoms with Crippen LogP contribution in [0.3, 0.4) is 0 Å². The zero-order valence-electron chi connectivity index (χ0n) is 50.9. The van der Waals surface area contributed by atoms with Gasteiger partial charge >= 0.3 is 30.0 Å². The monoisotopic (exact) mass is 1360 g/mol. The molecule has 4 atom stereocenters. The number of methoxy groups -OCH3 is 1. The number of rotatable bonds is 16. The number of hydrogen-bond acceptors (Lipinski definition) is 16. The van der Waals surface area contributed by atoms with Gasteiger partial charge in [-0.25, -0.2) is 44.5 Å². The van der Waals surface area contributed by atoms with Crippen molar-refractivity contribution >= 4 is 91.9 Å². The quantitative estimate of drug-likeness (QED) is 0.0607. The second kappa shape index (κ2) is 25.6. The number of esters is 2. The topological polar surface area (TPSA) is 227 Å². The number of aliphatic carboxylic acids is 1. The Kier molecular flexibility index (Phi) is 17.3. The largest absolute Gasteiger partial charge is 0.481 e. The molecular weight excluding hydrogens is 1300 g/mol. The summed E-state index contributed by atoms with van der Waals surface area (Å²) in [5, 5.41) is 19.0. The number of piperazine rings is 2. The number of carboxylic acid groups (broad SMARTS) is 1. The molecule has 0 spiro atoms. The third kappa shape index (κ3) is 12.2. The number of thiazole rings is 1. The number of nitrogens with zero attached hydrogens (tertiary/aromatic N) is 12. The number of aryl methyl sites for hydroxylation is 1. The fraction of sp³-hybridized carbons (Fsp3) is 0.364. The zero-order valence-corrected chi connectivity index (χ0v) is 54.1. The number of nitrogens with one attached hydrogen (secondary N) is 2. The number of amides is 4. The van der Waals surface area contributed by atoms with Crippen LogP contribution in [0.25, 0.3) is 4.85 Å². The summed E-state index contributed by atoms with van der Waals surface area (Å²) in [6, 6.07) is 21.6. The van der Waals surface area contributed by atoms with Gasteiger partial charge in [0.15, 0.2) is 22.5 Å². The van der Waals surface area contributed by atoms with Gasteiger partial charge in [0, 0.05) is 153 Å². The molecule has 14 rings (SSSR count). The molecule has 0 unspecified atom stereocenters. The van der Waals surface area contributed by atoms with Crippen molar-refractivity contribution < 1.29 is 47.3 Å². The van der Waals surface area contributed by atoms with Gasteiger partial charge in [0.1, 0.15) is 23.7 Å². The maximum Gasteiger partial charge on any atom is 0.338 e. The maximum absolute atomic E-state index is 14.1. The summed E-state index contributed by atoms with van der Waals surface area (Å²) in [5.74, 6) is -1.31. The van der Waals surface area contributed by atoms with Crippen LogP contribution in [0.2, 0.25) is 5.02 Å². The molecule has 0 bridgehead atoms. The van der Waals surface area contributed by atoms with Crippen LogP contribution in [0, 0.1) is 18.2 Å². The van der Waals surface area contributed by atoms with Crippen LogP contribution in [-0.4, -0.2) is 172 Å². The predicted octanol–water partition coefficient (Wildman–Crippen LogP) is 8.96. The Labute approximate surface area is 551 Å². The Hall–Kier alpha value is -8.87. The molecule has 22 nitrogen and oxygen atoms in total. The Morgan fingerprint density at radius 2 is 1.30 bits per heavy atom. The minimum absolute atomic E-state index is 0.0378. The molecule has 4 amide bonds. The molecule has 480 valence electrons. The number of amidine groups is 2. The highest BCUT2D eigenvalue weighted by Gasteiger charge is 2.53. The maximum atomic E-state index is 14.1. The number of halogens is 4. The minimum atomic E-state index is -0.867. The summed E-state index contributed by atoms with van der Waals surface area (Å²) >= 11 is 11.4. The van der Waals surface area contributed by atoms with Gasteiger partial charge in [-0.2, -0.15) is 0 Å². The number of carbonyl (C=O) groups is 5. The van der Waals surface area contributed by atoms with E-state index >= 15 is 0 Å². The first-order valence-electron chi connectivity index (χ1n) is 30.5. The lowest BCUT2D eigenvalue weighted by molar-refractivity contribution is -0.140. The molecule has 0 radical (unpaired) electrons. The Balaban J connectivity index is 0.000000169. The van der Waals surface area contributed by atoms with E-state index in [2.05, 4.69) is 51.2 Å². The van der Waals surface area contributed by atoms with Gasteiger partial charge in [0.05, 0.1) is 42.4 Å². The summed E-state index contributed by atoms with van der Waals surface area (Å²) in [5.41, 5.74) is 5.00. The molecule has 6 fully saturated rings. The molecular formula is C66H64BrClF2N14O8S. The summed E-state index contributed by atoms with van der Waals surface area (Å²) < 4.78 is 41.2. The lowest BCUT2D eigenvalue weighted by Crippen LogP contribution is -2.53. The van der Waals surface area contributed by atoms with Gasteiger partial charge in [-0.3, -0.25) is 34.4 Å². The first kappa shape index (κ1) is 62.9. The van der Waals surface area contributed by atoms with Crippen molar-refractivity contribution in [3.8, 4) is 0 Å². The lowest BCUT2D eigenvalue weighted by atomic mass is 9.95. The number of imidazole rings is 1. The molecule has 2 aliphatic carbocycles. The lowest BCUT2D eigenvalue weighted by Gasteiger charge is -2.38. The van der Waals surface area contributed by atoms with Crippen molar-refractivity contribution in [2.24, 2.45) is 17.0 Å². The van der Waals surface area contributed by atoms with Crippen LogP contribution in [0.1, 0.15) is 77.8 Å². The van der Waals surface area contributed by atoms with E-state index in [0.717, 1.165) is 35.3 Å². The first-order chi connectivity index (χ1) is 44.9. The highest BCUT2D eigenvalue weighted by Crippen LogP contribution is 2.51. The molecule has 2 saturated carbocycles. The van der Waals surface area contributed by atoms with E-state index in [1.165, 1.54) is 48.8 Å². The SMILES string of the molecule is CCOC(=O)C1=C(CN2CCN3C(=O)N(c4ccc(C5(C(=O)O)CC5)cc4)C[C@@H]3C2)NC(c2nccs2)=N[C@H]1c1ccc(F)cc1Br.[C-]#[N+]C1(c2ccc(N3C[C@@H]4CN(CC5=C(C(=O)OC)[C@H](c6ccc(F)cc6Cl)N=C(c6nccn6C)N5)CCN4C3=O)cc2)CC1. The molecule has 6 aromatic rings. The van der Waals surface area contributed by atoms with Gasteiger partial charge in [-0.15, -0.1) is 11.3 Å². The Morgan fingerprint density at radius 3 is 1.81 bits per heavy atom. The van der Waals surface area contributed by atoms with Gasteiger partial charge in [0.2, 0.25) is 0 Å². The Morgan fingerprint density at radius 1 is 0.742 bits per heavy atom. The number of ether oxygens (including phenoxy) is 2. The van der Waals surface area contributed by atoms with Gasteiger partial charge in [0.25, 0.3) is 5.54 Å². The molecule has 4 aromatic carbocycles. The van der Waals surface area contributed by atoms with Crippen molar-refractivity contribution in [2.75, 3.05) is 89.0 Å². The van der Waals surface area contributed by atoms with E-state index in [4.69, 9.17) is 37.6 Å². The second-order valence-corrected chi connectivity index (χ2v) is 26.3. The summed E-state index contributed by atoms with van der Waals surface area (Å²) in [6.45, 7) is 14.5. The number of carboxylic acids is 1. The van der Waals surface area contributed by atoms with Crippen LogP contribution in [0.5, 0.6) is 0 Å². The van der Waals surface area contributed by atoms with E-state index < -0.39 is 52.6 Å². The highest BCUT2D eigenvalue weighted by atomic mass is 79.9. The number of fused-ring (bicyclic) bond motifs is 2. The zero-order chi connectivity index (χ0) is 65.0. The van der Waals surface area contributed by atoms with Crippen LogP contribution in [0.4, 0.5) is 29.7 Å². The third-order valence-electron chi connectivity index (χ3n) is 18.5. The summed E-state index contributed by atoms with van der Waals surface area (Å²) in [6.07, 6.45) is 8.13. The number of aliphatic imine (C=N–C) groups is 2. The molecule has 8 heterocycles. The van der Waals surface area contributed by atoms with Gasteiger partial charge in [-0.05, 0) is 91.6 Å². The van der Waals surface area contributed by atoms with Gasteiger partial charge < -0.3 is 44.4 Å². The van der Waals surface area contributed by atoms with E-state index in [0.29, 0.717) is 133 Å². The number of benzene rings is 4. The van der Waals surface area contributed by atoms with Crippen molar-refractivity contribution in [2.45, 2.75) is 67.7 Å². The van der Waals surface area contributed by atoms with Crippen molar-refractivity contribution in [1.29, 1.82) is 0 Å². The predicted molar refractivity (Wildman–Crippen MR) is 347 cm³/mol. The standard InChI is InChI=1S/C33H32BrFN6O5S.C33H32ClFN8O3/c1-2-46-30(42)26-25(37-28(29-36-11-14-47-29)38-27(26)23-8-5-20(35)15-24(23)34)18-39-12-13-40-22(16-39)17-41(32(40)45)21-6-3-19(4-7-21)33(9-10-33)31(43)44;1-36-33(10-11-33)20-4-7-22(8-5-20)43-18-23-17-41(14-15-42(23)32(43)45)19-26-27(31(44)46-3)28(24-9-6-21(35)16-25(24)34)39-29(38-26)30-37-12-13-40(30)2/h3-8,11,14-15,22,27H,2,9-10,12-13,16-18H2,1H3,(H,37,38)(H,43,44);4-9,12-13,16,23,28H,10-11,14-15,17-19H2,2-3H3,(H,38,39)/t22-,27-;23-,28-/m00/s1. The number of urea groups is 2. The second-order valence-electron chi connectivity index (χ2n) is 24.1. The summed E-state index contributed by atoms with van der Waals surface area (Å²) in [4.78, 5) is 99.8. The Bertz CT molecular complexity index is 4150. The normalized spacial score (nSPS) is 22.2. The molecule has 93 heavy (non-hydrogen) atoms. The number of hydrogen-bond donors (Lipinski definition) is 3. The number of carbonyl (C=O) groups excluding carboxylic acids is 4. The first-order valence-corrected chi connectivity index (χ1v) is 32.6. The molecule has 2 aromatic heterocycles. The molecule has 8 aliphatic rings. The molecule has 4 saturated heterocycles. The highest BCUT2D eigenvalue weighted by molar-refractivity contribution is 9.10. The summed E-state index contributed by atoms with van der Waals surface area (Å²) in [7, 11) is 3.15. The third-order valence-corrected chi connectivity index (χ3v) is 20.3. The van der Waals surface area contributed by atoms with Gasteiger partial charge in [-0.1, -0.05) is 51.8 Å². The molecule has 27 heteroatoms. The number of anilines is 2. The number of aromatic nitrogens is 3. The average Bonchev–Trinajstić information content (AvgIpc) is 1.76. The van der Waals surface area contributed by atoms with Crippen molar-refractivity contribution in [3.05, 3.63) is 197 Å². The van der Waals surface area contributed by atoms with Crippen LogP contribution < -0.4 is 20.4 Å². The minimum Gasteiger partial charge on any atom is -0.481 e. The van der Waals surface area contributed by atoms with E-state index in [1.54, 1.807) is 41.4 Å². The van der Waals surface area contributed by atoms with Crippen molar-refractivity contribution in [1.82, 2.24) is 44.8 Å². The fourth-order valence-electron chi connectivity index (χ4n) is 13.2. The van der Waals surface area contributed by atoms with Crippen LogP contribution in [-0.2, 0) is 41.9 Å².